The van der Waals surface area contributed by atoms with Crippen LogP contribution in [0.4, 0.5) is 0 Å². The van der Waals surface area contributed by atoms with Crippen molar-refractivity contribution in [2.75, 3.05) is 32.4 Å². The van der Waals surface area contributed by atoms with Crippen LogP contribution in [0.5, 0.6) is 0 Å². The zero-order valence-electron chi connectivity index (χ0n) is 12.0. The lowest BCUT2D eigenvalue weighted by molar-refractivity contribution is 0.0348. The highest BCUT2D eigenvalue weighted by molar-refractivity contribution is 8.00. The van der Waals surface area contributed by atoms with Crippen molar-refractivity contribution >= 4 is 11.8 Å². The van der Waals surface area contributed by atoms with Crippen LogP contribution < -0.4 is 0 Å². The van der Waals surface area contributed by atoms with Gasteiger partial charge in [-0.1, -0.05) is 13.3 Å². The van der Waals surface area contributed by atoms with E-state index in [2.05, 4.69) is 34.7 Å². The molecule has 0 aromatic rings. The highest BCUT2D eigenvalue weighted by Gasteiger charge is 2.42. The molecule has 0 N–H and O–H groups in total. The summed E-state index contributed by atoms with van der Waals surface area (Å²) in [5.41, 5.74) is 0. The predicted octanol–water partition coefficient (Wildman–Crippen LogP) is 2.83. The van der Waals surface area contributed by atoms with Gasteiger partial charge in [-0.3, -0.25) is 9.80 Å². The SMILES string of the molecule is CCC1CN2CCCC2CN1CC1(SC)CCC1. The summed E-state index contributed by atoms with van der Waals surface area (Å²) in [5.74, 6) is 0. The molecule has 2 saturated heterocycles. The van der Waals surface area contributed by atoms with Crippen LogP contribution in [-0.2, 0) is 0 Å². The van der Waals surface area contributed by atoms with Crippen LogP contribution in [0.25, 0.3) is 0 Å². The Morgan fingerprint density at radius 2 is 2.06 bits per heavy atom. The number of fused-ring (bicyclic) bond motifs is 1. The van der Waals surface area contributed by atoms with E-state index in [1.54, 1.807) is 0 Å². The lowest BCUT2D eigenvalue weighted by Crippen LogP contribution is -2.59. The highest BCUT2D eigenvalue weighted by Crippen LogP contribution is 2.44. The maximum Gasteiger partial charge on any atom is 0.0284 e. The van der Waals surface area contributed by atoms with Crippen molar-refractivity contribution in [3.63, 3.8) is 0 Å². The lowest BCUT2D eigenvalue weighted by Gasteiger charge is -2.50. The van der Waals surface area contributed by atoms with E-state index < -0.39 is 0 Å². The fourth-order valence-corrected chi connectivity index (χ4v) is 5.09. The second-order valence-corrected chi connectivity index (χ2v) is 7.80. The van der Waals surface area contributed by atoms with E-state index in [9.17, 15) is 0 Å². The number of hydrogen-bond donors (Lipinski definition) is 0. The van der Waals surface area contributed by atoms with Crippen LogP contribution in [0.15, 0.2) is 0 Å². The largest absolute Gasteiger partial charge is 0.298 e. The fraction of sp³-hybridized carbons (Fsp3) is 1.00. The molecule has 2 nitrogen and oxygen atoms in total. The van der Waals surface area contributed by atoms with E-state index in [0.717, 1.165) is 12.1 Å². The Kier molecular flexibility index (Phi) is 3.93. The normalized spacial score (nSPS) is 36.3. The quantitative estimate of drug-likeness (QED) is 0.774. The van der Waals surface area contributed by atoms with E-state index in [1.165, 1.54) is 64.7 Å². The molecule has 2 aliphatic heterocycles. The molecule has 2 heterocycles. The van der Waals surface area contributed by atoms with Gasteiger partial charge < -0.3 is 0 Å². The summed E-state index contributed by atoms with van der Waals surface area (Å²) in [6.45, 7) is 7.78. The average molecular weight is 268 g/mol. The van der Waals surface area contributed by atoms with Crippen molar-refractivity contribution in [2.24, 2.45) is 0 Å². The van der Waals surface area contributed by atoms with E-state index >= 15 is 0 Å². The molecule has 104 valence electrons. The molecule has 3 fully saturated rings. The van der Waals surface area contributed by atoms with E-state index in [0.29, 0.717) is 4.75 Å². The summed E-state index contributed by atoms with van der Waals surface area (Å²) >= 11 is 2.14. The smallest absolute Gasteiger partial charge is 0.0284 e. The molecule has 2 unspecified atom stereocenters. The summed E-state index contributed by atoms with van der Waals surface area (Å²) in [4.78, 5) is 5.61. The fourth-order valence-electron chi connectivity index (χ4n) is 4.10. The summed E-state index contributed by atoms with van der Waals surface area (Å²) in [6.07, 6.45) is 10.9. The van der Waals surface area contributed by atoms with Crippen molar-refractivity contribution in [3.05, 3.63) is 0 Å². The molecule has 18 heavy (non-hydrogen) atoms. The second kappa shape index (κ2) is 5.34. The average Bonchev–Trinajstić information content (AvgIpc) is 2.79. The number of rotatable bonds is 4. The zero-order chi connectivity index (χ0) is 12.6. The molecule has 0 amide bonds. The van der Waals surface area contributed by atoms with E-state index in [4.69, 9.17) is 0 Å². The Hall–Kier alpha value is 0.270. The third-order valence-corrected chi connectivity index (χ3v) is 6.97. The van der Waals surface area contributed by atoms with Gasteiger partial charge in [-0.25, -0.2) is 0 Å². The summed E-state index contributed by atoms with van der Waals surface area (Å²) in [7, 11) is 0. The van der Waals surface area contributed by atoms with Gasteiger partial charge in [0.2, 0.25) is 0 Å². The van der Waals surface area contributed by atoms with Crippen LogP contribution in [-0.4, -0.2) is 59.1 Å². The molecule has 0 aromatic heterocycles. The monoisotopic (exact) mass is 268 g/mol. The maximum atomic E-state index is 2.85. The lowest BCUT2D eigenvalue weighted by atomic mass is 9.83. The predicted molar refractivity (Wildman–Crippen MR) is 80.3 cm³/mol. The molecule has 1 aliphatic carbocycles. The molecular formula is C15H28N2S. The molecule has 0 aromatic carbocycles. The van der Waals surface area contributed by atoms with E-state index in [1.807, 2.05) is 0 Å². The van der Waals surface area contributed by atoms with Crippen molar-refractivity contribution in [1.29, 1.82) is 0 Å². The first-order valence-electron chi connectivity index (χ1n) is 7.79. The Balaban J connectivity index is 1.65. The van der Waals surface area contributed by atoms with Crippen molar-refractivity contribution in [3.8, 4) is 0 Å². The molecular weight excluding hydrogens is 240 g/mol. The van der Waals surface area contributed by atoms with Gasteiger partial charge >= 0.3 is 0 Å². The first-order chi connectivity index (χ1) is 8.76. The molecule has 0 bridgehead atoms. The minimum absolute atomic E-state index is 0.619. The van der Waals surface area contributed by atoms with Gasteiger partial charge in [0.15, 0.2) is 0 Å². The second-order valence-electron chi connectivity index (χ2n) is 6.52. The van der Waals surface area contributed by atoms with Gasteiger partial charge in [0, 0.05) is 36.5 Å². The molecule has 3 heteroatoms. The Bertz CT molecular complexity index is 285. The van der Waals surface area contributed by atoms with Crippen LogP contribution in [0, 0.1) is 0 Å². The van der Waals surface area contributed by atoms with Gasteiger partial charge in [-0.2, -0.15) is 11.8 Å². The Labute approximate surface area is 116 Å². The molecule has 2 atom stereocenters. The van der Waals surface area contributed by atoms with Gasteiger partial charge in [-0.15, -0.1) is 0 Å². The van der Waals surface area contributed by atoms with Gasteiger partial charge in [0.1, 0.15) is 0 Å². The van der Waals surface area contributed by atoms with Crippen molar-refractivity contribution in [1.82, 2.24) is 9.80 Å². The molecule has 3 rings (SSSR count). The van der Waals surface area contributed by atoms with Gasteiger partial charge in [-0.05, 0) is 44.9 Å². The zero-order valence-corrected chi connectivity index (χ0v) is 12.8. The summed E-state index contributed by atoms with van der Waals surface area (Å²) in [5, 5.41) is 0. The Morgan fingerprint density at radius 3 is 2.67 bits per heavy atom. The minimum Gasteiger partial charge on any atom is -0.298 e. The molecule has 0 spiro atoms. The molecule has 1 saturated carbocycles. The topological polar surface area (TPSA) is 6.48 Å². The molecule has 3 aliphatic rings. The van der Waals surface area contributed by atoms with E-state index in [-0.39, 0.29) is 0 Å². The van der Waals surface area contributed by atoms with Crippen LogP contribution in [0.2, 0.25) is 0 Å². The number of hydrogen-bond acceptors (Lipinski definition) is 3. The third kappa shape index (κ3) is 2.34. The van der Waals surface area contributed by atoms with Gasteiger partial charge in [0.25, 0.3) is 0 Å². The van der Waals surface area contributed by atoms with Gasteiger partial charge in [0.05, 0.1) is 0 Å². The summed E-state index contributed by atoms with van der Waals surface area (Å²) in [6, 6.07) is 1.70. The highest BCUT2D eigenvalue weighted by atomic mass is 32.2. The summed E-state index contributed by atoms with van der Waals surface area (Å²) < 4.78 is 0.619. The first-order valence-corrected chi connectivity index (χ1v) is 9.02. The first kappa shape index (κ1) is 13.3. The minimum atomic E-state index is 0.619. The standard InChI is InChI=1S/C15H28N2S/c1-3-13-10-16-9-4-6-14(16)11-17(13)12-15(18-2)7-5-8-15/h13-14H,3-12H2,1-2H3. The van der Waals surface area contributed by atoms with Crippen LogP contribution >= 0.6 is 11.8 Å². The van der Waals surface area contributed by atoms with Crippen molar-refractivity contribution in [2.45, 2.75) is 62.3 Å². The van der Waals surface area contributed by atoms with Crippen LogP contribution in [0.1, 0.15) is 45.4 Å². The number of nitrogens with zero attached hydrogens (tertiary/aromatic N) is 2. The maximum absolute atomic E-state index is 2.85. The number of piperazine rings is 1. The van der Waals surface area contributed by atoms with Crippen molar-refractivity contribution < 1.29 is 0 Å². The molecule has 0 radical (unpaired) electrons. The Morgan fingerprint density at radius 1 is 1.22 bits per heavy atom. The third-order valence-electron chi connectivity index (χ3n) is 5.57. The number of thioether (sulfide) groups is 1. The van der Waals surface area contributed by atoms with Crippen LogP contribution in [0.3, 0.4) is 0 Å².